The van der Waals surface area contributed by atoms with Crippen molar-refractivity contribution in [1.29, 1.82) is 0 Å². The van der Waals surface area contributed by atoms with E-state index in [1.807, 2.05) is 0 Å². The van der Waals surface area contributed by atoms with Crippen LogP contribution in [0.1, 0.15) is 174 Å². The molecule has 0 radical (unpaired) electrons. The largest absolute Gasteiger partial charge is 0.472 e. The molecule has 6 atom stereocenters. The van der Waals surface area contributed by atoms with Gasteiger partial charge in [-0.3, -0.25) is 13.8 Å². The van der Waals surface area contributed by atoms with Crippen LogP contribution >= 0.6 is 7.82 Å². The van der Waals surface area contributed by atoms with Crippen LogP contribution in [0.25, 0.3) is 0 Å². The van der Waals surface area contributed by atoms with E-state index in [0.717, 1.165) is 64.2 Å². The van der Waals surface area contributed by atoms with E-state index >= 15 is 0 Å². The number of carbonyl (C=O) groups excluding carboxylic acids is 1. The Hall–Kier alpha value is -2.22. The number of phosphoric acid groups is 1. The molecule has 13 heteroatoms. The second kappa shape index (κ2) is 40.1. The summed E-state index contributed by atoms with van der Waals surface area (Å²) in [4.78, 5) is 23.2. The van der Waals surface area contributed by atoms with E-state index in [2.05, 4.69) is 86.8 Å². The summed E-state index contributed by atoms with van der Waals surface area (Å²) in [6.45, 7) is 4.01. The van der Waals surface area contributed by atoms with Gasteiger partial charge < -0.3 is 39.9 Å². The van der Waals surface area contributed by atoms with Gasteiger partial charge in [0.05, 0.1) is 13.2 Å². The molecule has 63 heavy (non-hydrogen) atoms. The average molecular weight is 911 g/mol. The van der Waals surface area contributed by atoms with Gasteiger partial charge >= 0.3 is 13.8 Å². The summed E-state index contributed by atoms with van der Waals surface area (Å²) in [5, 5.41) is 50.2. The molecule has 0 spiro atoms. The van der Waals surface area contributed by atoms with Gasteiger partial charge in [0.1, 0.15) is 42.7 Å². The molecule has 0 amide bonds. The molecule has 364 valence electrons. The number of unbranched alkanes of at least 4 members (excludes halogenated alkanes) is 16. The third-order valence-corrected chi connectivity index (χ3v) is 11.8. The number of hydrogen-bond donors (Lipinski definition) is 6. The number of allylic oxidation sites excluding steroid dienone is 12. The molecule has 0 aromatic rings. The molecular formula is C50H87O12P. The van der Waals surface area contributed by atoms with Gasteiger partial charge in [0.15, 0.2) is 0 Å². The molecule has 1 rings (SSSR count). The van der Waals surface area contributed by atoms with E-state index in [1.54, 1.807) is 0 Å². The molecule has 0 heterocycles. The van der Waals surface area contributed by atoms with Gasteiger partial charge in [-0.15, -0.1) is 0 Å². The van der Waals surface area contributed by atoms with Gasteiger partial charge in [0, 0.05) is 13.0 Å². The zero-order valence-corrected chi connectivity index (χ0v) is 39.7. The average Bonchev–Trinajstić information content (AvgIpc) is 3.27. The highest BCUT2D eigenvalue weighted by atomic mass is 31.2. The fourth-order valence-electron chi connectivity index (χ4n) is 7.02. The molecule has 1 aliphatic carbocycles. The number of esters is 1. The zero-order chi connectivity index (χ0) is 46.2. The molecule has 1 aliphatic rings. The third kappa shape index (κ3) is 32.2. The van der Waals surface area contributed by atoms with Crippen molar-refractivity contribution in [3.8, 4) is 0 Å². The van der Waals surface area contributed by atoms with Crippen LogP contribution in [0.5, 0.6) is 0 Å². The minimum atomic E-state index is -5.04. The SMILES string of the molecule is CC/C=C\C/C=C\C/C=C\C/C=C\C/C=C\C/C=C\CCCOCC(COP(=O)(O)OC1C(O)C(O)C(O)C(O)C1O)OC(=O)CCCCCCCCCCCCCCCCCC. The van der Waals surface area contributed by atoms with Gasteiger partial charge in [0.2, 0.25) is 0 Å². The number of aliphatic hydroxyl groups is 5. The van der Waals surface area contributed by atoms with Crippen LogP contribution in [0.2, 0.25) is 0 Å². The highest BCUT2D eigenvalue weighted by Crippen LogP contribution is 2.47. The molecule has 0 bridgehead atoms. The fourth-order valence-corrected chi connectivity index (χ4v) is 7.99. The topological polar surface area (TPSA) is 192 Å². The van der Waals surface area contributed by atoms with Crippen molar-refractivity contribution in [2.75, 3.05) is 19.8 Å². The van der Waals surface area contributed by atoms with E-state index in [1.165, 1.54) is 77.0 Å². The Labute approximate surface area is 380 Å². The maximum Gasteiger partial charge on any atom is 0.472 e. The van der Waals surface area contributed by atoms with Crippen LogP contribution < -0.4 is 0 Å². The minimum Gasteiger partial charge on any atom is -0.457 e. The Bertz CT molecular complexity index is 1310. The van der Waals surface area contributed by atoms with Crippen molar-refractivity contribution in [3.63, 3.8) is 0 Å². The summed E-state index contributed by atoms with van der Waals surface area (Å²) in [5.74, 6) is -0.498. The molecule has 0 aliphatic heterocycles. The number of aliphatic hydroxyl groups excluding tert-OH is 5. The number of rotatable bonds is 40. The molecule has 1 fully saturated rings. The Morgan fingerprint density at radius 3 is 1.37 bits per heavy atom. The van der Waals surface area contributed by atoms with Crippen LogP contribution in [-0.2, 0) is 27.9 Å². The lowest BCUT2D eigenvalue weighted by Crippen LogP contribution is -2.64. The Kier molecular flexibility index (Phi) is 37.4. The summed E-state index contributed by atoms with van der Waals surface area (Å²) < 4.78 is 34.2. The zero-order valence-electron chi connectivity index (χ0n) is 38.8. The Balaban J connectivity index is 2.43. The molecule has 0 aromatic heterocycles. The first kappa shape index (κ1) is 58.8. The third-order valence-electron chi connectivity index (χ3n) is 10.8. The molecule has 12 nitrogen and oxygen atoms in total. The molecule has 0 aromatic carbocycles. The minimum absolute atomic E-state index is 0.118. The van der Waals surface area contributed by atoms with Crippen molar-refractivity contribution in [2.24, 2.45) is 0 Å². The number of carbonyl (C=O) groups is 1. The number of hydrogen-bond acceptors (Lipinski definition) is 11. The second-order valence-electron chi connectivity index (χ2n) is 16.6. The maximum atomic E-state index is 12.8. The van der Waals surface area contributed by atoms with E-state index in [9.17, 15) is 39.8 Å². The predicted molar refractivity (Wildman–Crippen MR) is 253 cm³/mol. The van der Waals surface area contributed by atoms with Crippen LogP contribution in [0.15, 0.2) is 72.9 Å². The lowest BCUT2D eigenvalue weighted by molar-refractivity contribution is -0.220. The Morgan fingerprint density at radius 1 is 0.524 bits per heavy atom. The molecule has 6 N–H and O–H groups in total. The summed E-state index contributed by atoms with van der Waals surface area (Å²) in [5.41, 5.74) is 0. The summed E-state index contributed by atoms with van der Waals surface area (Å²) in [6, 6.07) is 0. The van der Waals surface area contributed by atoms with Gasteiger partial charge in [-0.25, -0.2) is 4.57 Å². The quantitative estimate of drug-likeness (QED) is 0.0148. The van der Waals surface area contributed by atoms with Crippen LogP contribution in [0.4, 0.5) is 0 Å². The van der Waals surface area contributed by atoms with Gasteiger partial charge in [-0.2, -0.15) is 0 Å². The van der Waals surface area contributed by atoms with Gasteiger partial charge in [-0.1, -0.05) is 183 Å². The molecular weight excluding hydrogens is 824 g/mol. The summed E-state index contributed by atoms with van der Waals surface area (Å²) in [7, 11) is -5.04. The smallest absolute Gasteiger partial charge is 0.457 e. The van der Waals surface area contributed by atoms with Crippen molar-refractivity contribution in [1.82, 2.24) is 0 Å². The summed E-state index contributed by atoms with van der Waals surface area (Å²) in [6.07, 6.45) is 39.8. The van der Waals surface area contributed by atoms with E-state index < -0.39 is 63.1 Å². The second-order valence-corrected chi connectivity index (χ2v) is 18.0. The van der Waals surface area contributed by atoms with Crippen molar-refractivity contribution in [2.45, 2.75) is 217 Å². The van der Waals surface area contributed by atoms with Gasteiger partial charge in [-0.05, 0) is 57.8 Å². The number of ether oxygens (including phenoxy) is 2. The Morgan fingerprint density at radius 2 is 0.921 bits per heavy atom. The number of phosphoric ester groups is 1. The normalized spacial score (nSPS) is 22.5. The lowest BCUT2D eigenvalue weighted by atomic mass is 9.85. The first-order valence-corrected chi connectivity index (χ1v) is 25.8. The lowest BCUT2D eigenvalue weighted by Gasteiger charge is -2.41. The van der Waals surface area contributed by atoms with E-state index in [0.29, 0.717) is 19.4 Å². The van der Waals surface area contributed by atoms with Crippen LogP contribution in [-0.4, -0.2) is 98.9 Å². The highest BCUT2D eigenvalue weighted by Gasteiger charge is 2.51. The monoisotopic (exact) mass is 911 g/mol. The van der Waals surface area contributed by atoms with E-state index in [4.69, 9.17) is 18.5 Å². The standard InChI is InChI=1S/C50H87O12P/c1-3-5-7-9-11-13-15-17-19-21-22-23-24-26-28-30-32-34-36-38-40-59-41-43(42-60-63(57,58)62-50-48(55)46(53)45(52)47(54)49(50)56)61-44(51)39-37-35-33-31-29-27-25-20-18-16-14-12-10-8-6-4-2/h5,7,11,13,17,19,22-23,26,28,32,34,43,45-50,52-56H,3-4,6,8-10,12,14-16,18,20-21,24-25,27,29-31,33,35-42H2,1-2H3,(H,57,58)/b7-5-,13-11-,19-17-,23-22-,28-26-,34-32-. The van der Waals surface area contributed by atoms with Gasteiger partial charge in [0.25, 0.3) is 0 Å². The summed E-state index contributed by atoms with van der Waals surface area (Å²) >= 11 is 0. The molecule has 1 saturated carbocycles. The maximum absolute atomic E-state index is 12.8. The van der Waals surface area contributed by atoms with Crippen molar-refractivity contribution < 1.29 is 58.3 Å². The molecule has 6 unspecified atom stereocenters. The fraction of sp³-hybridized carbons (Fsp3) is 0.740. The van der Waals surface area contributed by atoms with E-state index in [-0.39, 0.29) is 13.0 Å². The van der Waals surface area contributed by atoms with Crippen LogP contribution in [0, 0.1) is 0 Å². The molecule has 0 saturated heterocycles. The highest BCUT2D eigenvalue weighted by molar-refractivity contribution is 7.47. The first-order valence-electron chi connectivity index (χ1n) is 24.3. The van der Waals surface area contributed by atoms with Crippen molar-refractivity contribution >= 4 is 13.8 Å². The first-order chi connectivity index (χ1) is 30.5. The predicted octanol–water partition coefficient (Wildman–Crippen LogP) is 10.4. The van der Waals surface area contributed by atoms with Crippen LogP contribution in [0.3, 0.4) is 0 Å². The van der Waals surface area contributed by atoms with Crippen molar-refractivity contribution in [3.05, 3.63) is 72.9 Å².